The molecule has 1 unspecified atom stereocenters. The molecule has 0 saturated carbocycles. The maximum atomic E-state index is 5.64. The molecule has 0 aromatic carbocycles. The van der Waals surface area contributed by atoms with E-state index in [1.807, 2.05) is 6.92 Å². The van der Waals surface area contributed by atoms with Gasteiger partial charge in [-0.3, -0.25) is 4.90 Å². The van der Waals surface area contributed by atoms with E-state index in [1.165, 1.54) is 19.4 Å². The van der Waals surface area contributed by atoms with E-state index < -0.39 is 0 Å². The Hall–Kier alpha value is -0.160. The van der Waals surface area contributed by atoms with Crippen LogP contribution in [0, 0.1) is 0 Å². The molecule has 1 atom stereocenters. The van der Waals surface area contributed by atoms with E-state index in [2.05, 4.69) is 17.1 Å². The van der Waals surface area contributed by atoms with Crippen LogP contribution in [0.3, 0.4) is 0 Å². The average molecular weight is 258 g/mol. The first-order valence-corrected chi connectivity index (χ1v) is 7.45. The van der Waals surface area contributed by atoms with Gasteiger partial charge in [0.25, 0.3) is 0 Å². The Labute approximate surface area is 112 Å². The molecule has 1 rings (SSSR count). The van der Waals surface area contributed by atoms with Gasteiger partial charge < -0.3 is 14.8 Å². The van der Waals surface area contributed by atoms with Gasteiger partial charge in [0, 0.05) is 46.0 Å². The van der Waals surface area contributed by atoms with Gasteiger partial charge in [-0.25, -0.2) is 0 Å². The summed E-state index contributed by atoms with van der Waals surface area (Å²) in [5.74, 6) is 0. The summed E-state index contributed by atoms with van der Waals surface area (Å²) in [6.45, 7) is 12.4. The summed E-state index contributed by atoms with van der Waals surface area (Å²) >= 11 is 0. The van der Waals surface area contributed by atoms with Crippen LogP contribution in [-0.2, 0) is 9.47 Å². The standard InChI is InChI=1S/C14H30N2O2/c1-3-17-11-5-4-7-15-8-10-16-9-6-12-18-14(2)13-16/h14-15H,3-13H2,1-2H3. The molecule has 0 aromatic heterocycles. The molecule has 1 saturated heterocycles. The third-order valence-electron chi connectivity index (χ3n) is 3.24. The van der Waals surface area contributed by atoms with Crippen molar-refractivity contribution in [1.82, 2.24) is 10.2 Å². The van der Waals surface area contributed by atoms with Crippen LogP contribution < -0.4 is 5.32 Å². The maximum absolute atomic E-state index is 5.64. The molecule has 0 bridgehead atoms. The SMILES string of the molecule is CCOCCCCNCCN1CCCOC(C)C1. The van der Waals surface area contributed by atoms with Gasteiger partial charge in [-0.1, -0.05) is 0 Å². The largest absolute Gasteiger partial charge is 0.382 e. The Morgan fingerprint density at radius 2 is 2.22 bits per heavy atom. The van der Waals surface area contributed by atoms with Crippen LogP contribution in [0.15, 0.2) is 0 Å². The van der Waals surface area contributed by atoms with Crippen molar-refractivity contribution in [2.24, 2.45) is 0 Å². The lowest BCUT2D eigenvalue weighted by molar-refractivity contribution is 0.0679. The average Bonchev–Trinajstić information content (AvgIpc) is 2.57. The number of nitrogens with one attached hydrogen (secondary N) is 1. The van der Waals surface area contributed by atoms with Gasteiger partial charge in [0.2, 0.25) is 0 Å². The topological polar surface area (TPSA) is 33.7 Å². The zero-order chi connectivity index (χ0) is 13.1. The first kappa shape index (κ1) is 15.9. The summed E-state index contributed by atoms with van der Waals surface area (Å²) in [6.07, 6.45) is 3.92. The molecule has 4 heteroatoms. The lowest BCUT2D eigenvalue weighted by atomic mass is 10.3. The predicted octanol–water partition coefficient (Wildman–Crippen LogP) is 1.50. The molecule has 108 valence electrons. The molecular weight excluding hydrogens is 228 g/mol. The van der Waals surface area contributed by atoms with E-state index in [1.54, 1.807) is 0 Å². The van der Waals surface area contributed by atoms with E-state index in [0.717, 1.165) is 52.4 Å². The lowest BCUT2D eigenvalue weighted by Gasteiger charge is -2.21. The molecule has 0 amide bonds. The van der Waals surface area contributed by atoms with E-state index in [9.17, 15) is 0 Å². The minimum absolute atomic E-state index is 0.388. The Kier molecular flexibility index (Phi) is 9.48. The van der Waals surface area contributed by atoms with Crippen LogP contribution in [-0.4, -0.2) is 63.5 Å². The van der Waals surface area contributed by atoms with Crippen molar-refractivity contribution in [3.05, 3.63) is 0 Å². The fourth-order valence-corrected chi connectivity index (χ4v) is 2.24. The van der Waals surface area contributed by atoms with Gasteiger partial charge in [-0.2, -0.15) is 0 Å². The summed E-state index contributed by atoms with van der Waals surface area (Å²) in [7, 11) is 0. The quantitative estimate of drug-likeness (QED) is 0.636. The fourth-order valence-electron chi connectivity index (χ4n) is 2.24. The van der Waals surface area contributed by atoms with Crippen molar-refractivity contribution in [1.29, 1.82) is 0 Å². The summed E-state index contributed by atoms with van der Waals surface area (Å²) < 4.78 is 11.0. The molecule has 0 aliphatic carbocycles. The number of unbranched alkanes of at least 4 members (excludes halogenated alkanes) is 1. The molecular formula is C14H30N2O2. The fraction of sp³-hybridized carbons (Fsp3) is 1.00. The summed E-state index contributed by atoms with van der Waals surface area (Å²) in [4.78, 5) is 2.50. The van der Waals surface area contributed by atoms with Crippen LogP contribution in [0.25, 0.3) is 0 Å². The minimum Gasteiger partial charge on any atom is -0.382 e. The van der Waals surface area contributed by atoms with Crippen molar-refractivity contribution in [3.63, 3.8) is 0 Å². The van der Waals surface area contributed by atoms with Crippen LogP contribution in [0.1, 0.15) is 33.1 Å². The number of hydrogen-bond acceptors (Lipinski definition) is 4. The van der Waals surface area contributed by atoms with E-state index in [4.69, 9.17) is 9.47 Å². The molecule has 1 fully saturated rings. The number of nitrogens with zero attached hydrogens (tertiary/aromatic N) is 1. The van der Waals surface area contributed by atoms with Crippen molar-refractivity contribution in [3.8, 4) is 0 Å². The van der Waals surface area contributed by atoms with Gasteiger partial charge >= 0.3 is 0 Å². The van der Waals surface area contributed by atoms with Crippen molar-refractivity contribution >= 4 is 0 Å². The third-order valence-corrected chi connectivity index (χ3v) is 3.24. The molecule has 1 aliphatic rings. The number of ether oxygens (including phenoxy) is 2. The van der Waals surface area contributed by atoms with Gasteiger partial charge in [-0.05, 0) is 39.7 Å². The van der Waals surface area contributed by atoms with Crippen LogP contribution in [0.2, 0.25) is 0 Å². The predicted molar refractivity (Wildman–Crippen MR) is 75.1 cm³/mol. The molecule has 4 nitrogen and oxygen atoms in total. The highest BCUT2D eigenvalue weighted by Crippen LogP contribution is 2.04. The van der Waals surface area contributed by atoms with E-state index in [-0.39, 0.29) is 0 Å². The van der Waals surface area contributed by atoms with Crippen molar-refractivity contribution in [2.75, 3.05) is 52.5 Å². The van der Waals surface area contributed by atoms with Crippen molar-refractivity contribution < 1.29 is 9.47 Å². The molecule has 18 heavy (non-hydrogen) atoms. The van der Waals surface area contributed by atoms with Crippen LogP contribution >= 0.6 is 0 Å². The van der Waals surface area contributed by atoms with E-state index in [0.29, 0.717) is 6.10 Å². The highest BCUT2D eigenvalue weighted by Gasteiger charge is 2.13. The summed E-state index contributed by atoms with van der Waals surface area (Å²) in [6, 6.07) is 0. The molecule has 0 spiro atoms. The minimum atomic E-state index is 0.388. The molecule has 1 heterocycles. The Morgan fingerprint density at radius 3 is 3.06 bits per heavy atom. The Balaban J connectivity index is 1.90. The summed E-state index contributed by atoms with van der Waals surface area (Å²) in [5, 5.41) is 3.51. The first-order valence-electron chi connectivity index (χ1n) is 7.45. The van der Waals surface area contributed by atoms with E-state index >= 15 is 0 Å². The van der Waals surface area contributed by atoms with Crippen molar-refractivity contribution in [2.45, 2.75) is 39.2 Å². The highest BCUT2D eigenvalue weighted by molar-refractivity contribution is 4.67. The number of rotatable bonds is 9. The molecule has 0 aromatic rings. The monoisotopic (exact) mass is 258 g/mol. The van der Waals surface area contributed by atoms with Gasteiger partial charge in [0.15, 0.2) is 0 Å². The number of hydrogen-bond donors (Lipinski definition) is 1. The second-order valence-electron chi connectivity index (χ2n) is 4.99. The molecule has 0 radical (unpaired) electrons. The zero-order valence-corrected chi connectivity index (χ0v) is 12.1. The van der Waals surface area contributed by atoms with Gasteiger partial charge in [-0.15, -0.1) is 0 Å². The second kappa shape index (κ2) is 10.7. The Morgan fingerprint density at radius 1 is 1.33 bits per heavy atom. The summed E-state index contributed by atoms with van der Waals surface area (Å²) in [5.41, 5.74) is 0. The molecule has 1 aliphatic heterocycles. The van der Waals surface area contributed by atoms with Gasteiger partial charge in [0.05, 0.1) is 6.10 Å². The highest BCUT2D eigenvalue weighted by atomic mass is 16.5. The van der Waals surface area contributed by atoms with Crippen LogP contribution in [0.4, 0.5) is 0 Å². The van der Waals surface area contributed by atoms with Gasteiger partial charge in [0.1, 0.15) is 0 Å². The lowest BCUT2D eigenvalue weighted by Crippen LogP contribution is -2.36. The third kappa shape index (κ3) is 8.03. The zero-order valence-electron chi connectivity index (χ0n) is 12.1. The normalized spacial score (nSPS) is 22.0. The second-order valence-corrected chi connectivity index (χ2v) is 4.99. The van der Waals surface area contributed by atoms with Crippen LogP contribution in [0.5, 0.6) is 0 Å². The smallest absolute Gasteiger partial charge is 0.0673 e. The molecule has 1 N–H and O–H groups in total. The maximum Gasteiger partial charge on any atom is 0.0673 e. The Bertz CT molecular complexity index is 191. The first-order chi connectivity index (χ1) is 8.83.